The van der Waals surface area contributed by atoms with Gasteiger partial charge in [-0.3, -0.25) is 9.79 Å². The number of aryl methyl sites for hydroxylation is 1. The second-order valence-corrected chi connectivity index (χ2v) is 6.55. The first-order chi connectivity index (χ1) is 12.3. The topological polar surface area (TPSA) is 65.5 Å². The molecule has 142 valence electrons. The molecule has 0 radical (unpaired) electrons. The number of thiophene rings is 1. The van der Waals surface area contributed by atoms with Gasteiger partial charge in [-0.1, -0.05) is 36.4 Å². The lowest BCUT2D eigenvalue weighted by molar-refractivity contribution is 0.0957. The highest BCUT2D eigenvalue weighted by Crippen LogP contribution is 2.07. The van der Waals surface area contributed by atoms with Crippen LogP contribution in [0.1, 0.15) is 28.1 Å². The van der Waals surface area contributed by atoms with Gasteiger partial charge in [0.15, 0.2) is 5.96 Å². The SMILES string of the molecule is CN=C(NCCCNC(=O)c1cccs1)NCCCc1ccccc1.I. The van der Waals surface area contributed by atoms with E-state index in [0.29, 0.717) is 6.54 Å². The molecule has 0 spiro atoms. The van der Waals surface area contributed by atoms with E-state index in [4.69, 9.17) is 0 Å². The van der Waals surface area contributed by atoms with E-state index in [9.17, 15) is 4.79 Å². The summed E-state index contributed by atoms with van der Waals surface area (Å²) in [7, 11) is 1.77. The van der Waals surface area contributed by atoms with Crippen LogP contribution in [0.25, 0.3) is 0 Å². The van der Waals surface area contributed by atoms with Crippen molar-refractivity contribution < 1.29 is 4.79 Å². The molecule has 2 aromatic rings. The van der Waals surface area contributed by atoms with Crippen LogP contribution in [-0.4, -0.2) is 38.5 Å². The van der Waals surface area contributed by atoms with Crippen molar-refractivity contribution in [2.45, 2.75) is 19.3 Å². The predicted octanol–water partition coefficient (Wildman–Crippen LogP) is 3.28. The van der Waals surface area contributed by atoms with E-state index in [2.05, 4.69) is 45.2 Å². The zero-order valence-corrected chi connectivity index (χ0v) is 18.2. The number of aliphatic imine (C=N–C) groups is 1. The van der Waals surface area contributed by atoms with Gasteiger partial charge in [0.2, 0.25) is 0 Å². The van der Waals surface area contributed by atoms with E-state index in [1.807, 2.05) is 23.6 Å². The number of hydrogen-bond acceptors (Lipinski definition) is 3. The van der Waals surface area contributed by atoms with Crippen LogP contribution in [0.15, 0.2) is 52.8 Å². The van der Waals surface area contributed by atoms with Crippen molar-refractivity contribution in [3.8, 4) is 0 Å². The normalized spacial score (nSPS) is 10.7. The summed E-state index contributed by atoms with van der Waals surface area (Å²) in [5.41, 5.74) is 1.36. The number of guanidine groups is 1. The van der Waals surface area contributed by atoms with Crippen molar-refractivity contribution >= 4 is 47.2 Å². The van der Waals surface area contributed by atoms with E-state index in [0.717, 1.165) is 43.2 Å². The molecule has 0 atom stereocenters. The maximum atomic E-state index is 11.8. The molecule has 0 aliphatic carbocycles. The standard InChI is InChI=1S/C19H26N4OS.HI/c1-20-19(22-12-5-10-16-8-3-2-4-9-16)23-14-7-13-21-18(24)17-11-6-15-25-17;/h2-4,6,8-9,11,15H,5,7,10,12-14H2,1H3,(H,21,24)(H2,20,22,23);1H. The number of nitrogens with zero attached hydrogens (tertiary/aromatic N) is 1. The Labute approximate surface area is 176 Å². The first kappa shape index (κ1) is 22.4. The maximum Gasteiger partial charge on any atom is 0.261 e. The first-order valence-corrected chi connectivity index (χ1v) is 9.47. The zero-order valence-electron chi connectivity index (χ0n) is 15.0. The van der Waals surface area contributed by atoms with E-state index in [1.54, 1.807) is 7.05 Å². The largest absolute Gasteiger partial charge is 0.356 e. The van der Waals surface area contributed by atoms with Crippen LogP contribution in [0.3, 0.4) is 0 Å². The Morgan fingerprint density at radius 3 is 2.31 bits per heavy atom. The minimum Gasteiger partial charge on any atom is -0.356 e. The fourth-order valence-corrected chi connectivity index (χ4v) is 3.00. The Kier molecular flexibility index (Phi) is 11.7. The van der Waals surface area contributed by atoms with Crippen LogP contribution in [0, 0.1) is 0 Å². The molecule has 7 heteroatoms. The molecule has 1 aromatic heterocycles. The van der Waals surface area contributed by atoms with Crippen molar-refractivity contribution in [2.75, 3.05) is 26.7 Å². The summed E-state index contributed by atoms with van der Waals surface area (Å²) in [6, 6.07) is 14.2. The third-order valence-corrected chi connectivity index (χ3v) is 4.55. The molecule has 26 heavy (non-hydrogen) atoms. The molecule has 0 unspecified atom stereocenters. The summed E-state index contributed by atoms with van der Waals surface area (Å²) >= 11 is 1.46. The molecular weight excluding hydrogens is 459 g/mol. The number of rotatable bonds is 9. The van der Waals surface area contributed by atoms with Gasteiger partial charge < -0.3 is 16.0 Å². The highest BCUT2D eigenvalue weighted by Gasteiger charge is 2.04. The smallest absolute Gasteiger partial charge is 0.261 e. The van der Waals surface area contributed by atoms with Crippen LogP contribution in [-0.2, 0) is 6.42 Å². The number of hydrogen-bond donors (Lipinski definition) is 3. The molecule has 0 saturated carbocycles. The summed E-state index contributed by atoms with van der Waals surface area (Å²) in [5.74, 6) is 0.802. The Balaban J connectivity index is 0.00000338. The van der Waals surface area contributed by atoms with Gasteiger partial charge in [0, 0.05) is 26.7 Å². The zero-order chi connectivity index (χ0) is 17.7. The minimum atomic E-state index is -0.00146. The van der Waals surface area contributed by atoms with Crippen LogP contribution < -0.4 is 16.0 Å². The Morgan fingerprint density at radius 2 is 1.65 bits per heavy atom. The molecular formula is C19H27IN4OS. The lowest BCUT2D eigenvalue weighted by Gasteiger charge is -2.12. The molecule has 0 fully saturated rings. The number of nitrogens with one attached hydrogen (secondary N) is 3. The van der Waals surface area contributed by atoms with Gasteiger partial charge in [-0.25, -0.2) is 0 Å². The van der Waals surface area contributed by atoms with Crippen molar-refractivity contribution in [2.24, 2.45) is 4.99 Å². The van der Waals surface area contributed by atoms with Crippen molar-refractivity contribution in [3.05, 3.63) is 58.3 Å². The second-order valence-electron chi connectivity index (χ2n) is 5.60. The van der Waals surface area contributed by atoms with Gasteiger partial charge in [0.1, 0.15) is 0 Å². The van der Waals surface area contributed by atoms with Crippen LogP contribution >= 0.6 is 35.3 Å². The number of amides is 1. The summed E-state index contributed by atoms with van der Waals surface area (Å²) in [6.45, 7) is 2.29. The third-order valence-electron chi connectivity index (χ3n) is 3.68. The monoisotopic (exact) mass is 486 g/mol. The summed E-state index contributed by atoms with van der Waals surface area (Å²) in [6.07, 6.45) is 2.96. The van der Waals surface area contributed by atoms with Gasteiger partial charge >= 0.3 is 0 Å². The first-order valence-electron chi connectivity index (χ1n) is 8.60. The molecule has 1 amide bonds. The highest BCUT2D eigenvalue weighted by atomic mass is 127. The van der Waals surface area contributed by atoms with Gasteiger partial charge in [0.25, 0.3) is 5.91 Å². The average Bonchev–Trinajstić information content (AvgIpc) is 3.18. The Bertz CT molecular complexity index is 647. The van der Waals surface area contributed by atoms with Gasteiger partial charge in [-0.15, -0.1) is 35.3 Å². The number of carbonyl (C=O) groups excluding carboxylic acids is 1. The van der Waals surface area contributed by atoms with Crippen LogP contribution in [0.4, 0.5) is 0 Å². The Morgan fingerprint density at radius 1 is 0.962 bits per heavy atom. The molecule has 1 heterocycles. The molecule has 0 aliphatic rings. The van der Waals surface area contributed by atoms with E-state index < -0.39 is 0 Å². The van der Waals surface area contributed by atoms with Crippen molar-refractivity contribution in [1.82, 2.24) is 16.0 Å². The van der Waals surface area contributed by atoms with E-state index >= 15 is 0 Å². The third kappa shape index (κ3) is 8.66. The quantitative estimate of drug-likeness (QED) is 0.221. The number of benzene rings is 1. The van der Waals surface area contributed by atoms with Crippen LogP contribution in [0.5, 0.6) is 0 Å². The van der Waals surface area contributed by atoms with Crippen LogP contribution in [0.2, 0.25) is 0 Å². The maximum absolute atomic E-state index is 11.8. The van der Waals surface area contributed by atoms with E-state index in [1.165, 1.54) is 16.9 Å². The second kappa shape index (κ2) is 13.6. The molecule has 5 nitrogen and oxygen atoms in total. The fourth-order valence-electron chi connectivity index (χ4n) is 2.36. The lowest BCUT2D eigenvalue weighted by atomic mass is 10.1. The lowest BCUT2D eigenvalue weighted by Crippen LogP contribution is -2.39. The summed E-state index contributed by atoms with van der Waals surface area (Å²) < 4.78 is 0. The van der Waals surface area contributed by atoms with Gasteiger partial charge in [0.05, 0.1) is 4.88 Å². The molecule has 0 aliphatic heterocycles. The minimum absolute atomic E-state index is 0. The average molecular weight is 486 g/mol. The number of halogens is 1. The van der Waals surface area contributed by atoms with Crippen molar-refractivity contribution in [3.63, 3.8) is 0 Å². The highest BCUT2D eigenvalue weighted by molar-refractivity contribution is 14.0. The van der Waals surface area contributed by atoms with Gasteiger partial charge in [-0.05, 0) is 36.3 Å². The molecule has 2 rings (SSSR count). The molecule has 3 N–H and O–H groups in total. The van der Waals surface area contributed by atoms with Crippen molar-refractivity contribution in [1.29, 1.82) is 0 Å². The summed E-state index contributed by atoms with van der Waals surface area (Å²) in [5, 5.41) is 11.4. The predicted molar refractivity (Wildman–Crippen MR) is 121 cm³/mol. The van der Waals surface area contributed by atoms with Gasteiger partial charge in [-0.2, -0.15) is 0 Å². The fraction of sp³-hybridized carbons (Fsp3) is 0.368. The van der Waals surface area contributed by atoms with E-state index in [-0.39, 0.29) is 29.9 Å². The summed E-state index contributed by atoms with van der Waals surface area (Å²) in [4.78, 5) is 16.8. The Hall–Kier alpha value is -1.61. The molecule has 0 bridgehead atoms. The molecule has 0 saturated heterocycles. The molecule has 1 aromatic carbocycles. The number of carbonyl (C=O) groups is 1.